The zero-order valence-electron chi connectivity index (χ0n) is 18.5. The maximum absolute atomic E-state index is 12.8. The van der Waals surface area contributed by atoms with E-state index in [9.17, 15) is 4.79 Å². The molecule has 5 aromatic heterocycles. The summed E-state index contributed by atoms with van der Waals surface area (Å²) in [6.07, 6.45) is 8.58. The predicted molar refractivity (Wildman–Crippen MR) is 135 cm³/mol. The SMILES string of the molecule is O=C(NC1CCCC(n2c(-c3ccccn3)nc3cc(-c4nnco4)ncc32)C1)c1ccc(Br)s1. The summed E-state index contributed by atoms with van der Waals surface area (Å²) in [5, 5.41) is 10.9. The van der Waals surface area contributed by atoms with Crippen LogP contribution in [0.1, 0.15) is 41.4 Å². The Bertz CT molecular complexity index is 1480. The third kappa shape index (κ3) is 4.37. The number of amides is 1. The minimum absolute atomic E-state index is 0.0299. The van der Waals surface area contributed by atoms with Gasteiger partial charge in [0.1, 0.15) is 11.4 Å². The molecule has 0 radical (unpaired) electrons. The van der Waals surface area contributed by atoms with Crippen molar-refractivity contribution in [3.8, 4) is 23.1 Å². The number of nitrogens with zero attached hydrogens (tertiary/aromatic N) is 6. The van der Waals surface area contributed by atoms with Gasteiger partial charge in [0.25, 0.3) is 11.8 Å². The second kappa shape index (κ2) is 9.31. The van der Waals surface area contributed by atoms with Crippen LogP contribution in [-0.2, 0) is 0 Å². The minimum Gasteiger partial charge on any atom is -0.422 e. The van der Waals surface area contributed by atoms with Crippen LogP contribution in [0.25, 0.3) is 34.1 Å². The number of pyridine rings is 2. The Hall–Kier alpha value is -3.44. The number of aromatic nitrogens is 6. The van der Waals surface area contributed by atoms with Crippen molar-refractivity contribution >= 4 is 44.2 Å². The molecule has 0 bridgehead atoms. The zero-order valence-corrected chi connectivity index (χ0v) is 20.9. The molecule has 1 saturated carbocycles. The van der Waals surface area contributed by atoms with E-state index in [1.54, 1.807) is 12.4 Å². The highest BCUT2D eigenvalue weighted by molar-refractivity contribution is 9.11. The van der Waals surface area contributed by atoms with Gasteiger partial charge >= 0.3 is 0 Å². The maximum atomic E-state index is 12.8. The summed E-state index contributed by atoms with van der Waals surface area (Å²) in [6.45, 7) is 0. The number of hydrogen-bond donors (Lipinski definition) is 1. The van der Waals surface area contributed by atoms with Crippen LogP contribution >= 0.6 is 27.3 Å². The Labute approximate surface area is 212 Å². The molecule has 1 N–H and O–H groups in total. The normalized spacial score (nSPS) is 18.1. The first-order valence-electron chi connectivity index (χ1n) is 11.3. The molecule has 0 aromatic carbocycles. The van der Waals surface area contributed by atoms with Crippen LogP contribution in [0.2, 0.25) is 0 Å². The number of carbonyl (C=O) groups excluding carboxylic acids is 1. The van der Waals surface area contributed by atoms with Gasteiger partial charge in [0, 0.05) is 18.3 Å². The Morgan fingerprint density at radius 2 is 2.11 bits per heavy atom. The van der Waals surface area contributed by atoms with Crippen molar-refractivity contribution in [2.45, 2.75) is 37.8 Å². The first-order valence-corrected chi connectivity index (χ1v) is 12.9. The molecule has 9 nitrogen and oxygen atoms in total. The summed E-state index contributed by atoms with van der Waals surface area (Å²) in [6, 6.07) is 11.6. The Morgan fingerprint density at radius 3 is 2.89 bits per heavy atom. The number of halogens is 1. The Balaban J connectivity index is 1.36. The molecule has 0 spiro atoms. The smallest absolute Gasteiger partial charge is 0.266 e. The van der Waals surface area contributed by atoms with Gasteiger partial charge in [-0.3, -0.25) is 9.78 Å². The van der Waals surface area contributed by atoms with E-state index in [0.717, 1.165) is 52.0 Å². The van der Waals surface area contributed by atoms with Gasteiger partial charge in [-0.25, -0.2) is 9.97 Å². The molecule has 5 heterocycles. The van der Waals surface area contributed by atoms with E-state index in [-0.39, 0.29) is 18.0 Å². The van der Waals surface area contributed by atoms with Crippen LogP contribution in [0.15, 0.2) is 63.4 Å². The van der Waals surface area contributed by atoms with Crippen LogP contribution in [0.3, 0.4) is 0 Å². The lowest BCUT2D eigenvalue weighted by Crippen LogP contribution is -2.38. The lowest BCUT2D eigenvalue weighted by atomic mass is 9.90. The van der Waals surface area contributed by atoms with Crippen LogP contribution in [-0.4, -0.2) is 41.7 Å². The zero-order chi connectivity index (χ0) is 23.8. The van der Waals surface area contributed by atoms with Gasteiger partial charge < -0.3 is 14.3 Å². The predicted octanol–water partition coefficient (Wildman–Crippen LogP) is 5.28. The molecule has 1 amide bonds. The highest BCUT2D eigenvalue weighted by Crippen LogP contribution is 2.36. The average Bonchev–Trinajstić information content (AvgIpc) is 3.64. The molecule has 1 fully saturated rings. The third-order valence-electron chi connectivity index (χ3n) is 6.19. The fraction of sp³-hybridized carbons (Fsp3) is 0.250. The van der Waals surface area contributed by atoms with E-state index in [1.165, 1.54) is 17.7 Å². The monoisotopic (exact) mass is 549 g/mol. The minimum atomic E-state index is -0.0299. The number of imidazole rings is 1. The van der Waals surface area contributed by atoms with Crippen molar-refractivity contribution in [3.63, 3.8) is 0 Å². The highest BCUT2D eigenvalue weighted by atomic mass is 79.9. The van der Waals surface area contributed by atoms with Crippen molar-refractivity contribution in [1.82, 2.24) is 35.0 Å². The van der Waals surface area contributed by atoms with Crippen LogP contribution in [0.5, 0.6) is 0 Å². The van der Waals surface area contributed by atoms with Crippen molar-refractivity contribution in [2.75, 3.05) is 0 Å². The molecule has 176 valence electrons. The molecule has 6 rings (SSSR count). The second-order valence-electron chi connectivity index (χ2n) is 8.42. The largest absolute Gasteiger partial charge is 0.422 e. The number of thiophene rings is 1. The van der Waals surface area contributed by atoms with Crippen molar-refractivity contribution in [1.29, 1.82) is 0 Å². The topological polar surface area (TPSA) is 112 Å². The van der Waals surface area contributed by atoms with Gasteiger partial charge in [-0.15, -0.1) is 21.5 Å². The summed E-state index contributed by atoms with van der Waals surface area (Å²) in [5.74, 6) is 1.10. The molecule has 1 aliphatic carbocycles. The molecule has 0 aliphatic heterocycles. The molecular weight excluding hydrogens is 530 g/mol. The van der Waals surface area contributed by atoms with Crippen LogP contribution in [0, 0.1) is 0 Å². The maximum Gasteiger partial charge on any atom is 0.266 e. The van der Waals surface area contributed by atoms with Gasteiger partial charge in [-0.1, -0.05) is 6.07 Å². The van der Waals surface area contributed by atoms with Crippen molar-refractivity contribution in [2.24, 2.45) is 0 Å². The fourth-order valence-electron chi connectivity index (χ4n) is 4.66. The fourth-order valence-corrected chi connectivity index (χ4v) is 5.95. The standard InChI is InChI=1S/C24H20BrN7O2S/c25-21-8-7-20(35-21)23(33)29-14-4-3-5-15(10-14)32-19-12-27-18(24-31-28-13-34-24)11-17(19)30-22(32)16-6-1-2-9-26-16/h1-2,6-9,11-15H,3-5,10H2,(H,29,33). The lowest BCUT2D eigenvalue weighted by molar-refractivity contribution is 0.0925. The lowest BCUT2D eigenvalue weighted by Gasteiger charge is -2.31. The molecule has 5 aromatic rings. The Kier molecular flexibility index (Phi) is 5.86. The number of fused-ring (bicyclic) bond motifs is 1. The quantitative estimate of drug-likeness (QED) is 0.317. The second-order valence-corrected chi connectivity index (χ2v) is 10.9. The van der Waals surface area contributed by atoms with Crippen LogP contribution in [0.4, 0.5) is 0 Å². The van der Waals surface area contributed by atoms with Gasteiger partial charge in [-0.2, -0.15) is 0 Å². The van der Waals surface area contributed by atoms with Gasteiger partial charge in [0.05, 0.1) is 25.9 Å². The van der Waals surface area contributed by atoms with E-state index in [0.29, 0.717) is 16.5 Å². The summed E-state index contributed by atoms with van der Waals surface area (Å²) >= 11 is 4.88. The number of carbonyl (C=O) groups is 1. The summed E-state index contributed by atoms with van der Waals surface area (Å²) in [4.78, 5) is 27.6. The summed E-state index contributed by atoms with van der Waals surface area (Å²) in [7, 11) is 0. The molecule has 0 saturated heterocycles. The van der Waals surface area contributed by atoms with Crippen molar-refractivity contribution < 1.29 is 9.21 Å². The third-order valence-corrected chi connectivity index (χ3v) is 7.82. The molecule has 35 heavy (non-hydrogen) atoms. The van der Waals surface area contributed by atoms with Crippen molar-refractivity contribution in [3.05, 3.63) is 63.8 Å². The molecule has 11 heteroatoms. The van der Waals surface area contributed by atoms with Gasteiger partial charge in [-0.05, 0) is 71.9 Å². The number of rotatable bonds is 5. The van der Waals surface area contributed by atoms with E-state index in [2.05, 4.69) is 46.0 Å². The molecule has 2 unspecified atom stereocenters. The summed E-state index contributed by atoms with van der Waals surface area (Å²) < 4.78 is 8.49. The van der Waals surface area contributed by atoms with Gasteiger partial charge in [0.2, 0.25) is 6.39 Å². The first-order chi connectivity index (χ1) is 17.2. The molecule has 2 atom stereocenters. The summed E-state index contributed by atoms with van der Waals surface area (Å²) in [5.41, 5.74) is 3.05. The highest BCUT2D eigenvalue weighted by Gasteiger charge is 2.29. The average molecular weight is 550 g/mol. The van der Waals surface area contributed by atoms with E-state index < -0.39 is 0 Å². The van der Waals surface area contributed by atoms with E-state index >= 15 is 0 Å². The number of nitrogens with one attached hydrogen (secondary N) is 1. The van der Waals surface area contributed by atoms with Crippen LogP contribution < -0.4 is 5.32 Å². The van der Waals surface area contributed by atoms with E-state index in [1.807, 2.05) is 36.4 Å². The number of hydrogen-bond acceptors (Lipinski definition) is 8. The Morgan fingerprint density at radius 1 is 1.17 bits per heavy atom. The molecular formula is C24H20BrN7O2S. The molecule has 1 aliphatic rings. The van der Waals surface area contributed by atoms with E-state index in [4.69, 9.17) is 9.40 Å². The first kappa shape index (κ1) is 22.1. The van der Waals surface area contributed by atoms with Gasteiger partial charge in [0.15, 0.2) is 5.82 Å².